The highest BCUT2D eigenvalue weighted by Gasteiger charge is 2.25. The molecular weight excluding hydrogens is 257 g/mol. The lowest BCUT2D eigenvalue weighted by Gasteiger charge is -2.31. The maximum atomic E-state index is 13.5. The number of aliphatic hydroxyl groups excluding tert-OH is 1. The summed E-state index contributed by atoms with van der Waals surface area (Å²) in [6.07, 6.45) is 1.55. The molecule has 1 rings (SSSR count). The average molecular weight is 283 g/mol. The third-order valence-electron chi connectivity index (χ3n) is 3.37. The van der Waals surface area contributed by atoms with Gasteiger partial charge in [-0.2, -0.15) is 0 Å². The molecule has 0 aliphatic carbocycles. The molecule has 2 N–H and O–H groups in total. The summed E-state index contributed by atoms with van der Waals surface area (Å²) in [5.41, 5.74) is 0.230. The summed E-state index contributed by atoms with van der Waals surface area (Å²) in [6, 6.07) is 4.88. The number of benzene rings is 1. The first kappa shape index (κ1) is 16.9. The minimum absolute atomic E-state index is 0.0446. The van der Waals surface area contributed by atoms with E-state index in [0.717, 1.165) is 13.0 Å². The van der Waals surface area contributed by atoms with Gasteiger partial charge in [0, 0.05) is 18.0 Å². The predicted octanol–water partition coefficient (Wildman–Crippen LogP) is 3.04. The van der Waals surface area contributed by atoms with Gasteiger partial charge in [0.05, 0.1) is 12.7 Å². The normalized spacial score (nSPS) is 15.7. The van der Waals surface area contributed by atoms with E-state index in [2.05, 4.69) is 12.2 Å². The van der Waals surface area contributed by atoms with Gasteiger partial charge in [-0.25, -0.2) is 4.39 Å². The zero-order chi connectivity index (χ0) is 15.2. The zero-order valence-electron chi connectivity index (χ0n) is 12.9. The van der Waals surface area contributed by atoms with Gasteiger partial charge in [0.25, 0.3) is 0 Å². The third kappa shape index (κ3) is 5.10. The van der Waals surface area contributed by atoms with Gasteiger partial charge in [-0.15, -0.1) is 0 Å². The van der Waals surface area contributed by atoms with Crippen LogP contribution in [0.4, 0.5) is 4.39 Å². The second-order valence-corrected chi connectivity index (χ2v) is 5.69. The Labute approximate surface area is 121 Å². The Morgan fingerprint density at radius 3 is 2.70 bits per heavy atom. The molecule has 0 bridgehead atoms. The molecule has 0 radical (unpaired) electrons. The Morgan fingerprint density at radius 2 is 2.15 bits per heavy atom. The topological polar surface area (TPSA) is 41.5 Å². The van der Waals surface area contributed by atoms with Gasteiger partial charge in [-0.1, -0.05) is 13.0 Å². The maximum Gasteiger partial charge on any atom is 0.129 e. The van der Waals surface area contributed by atoms with Gasteiger partial charge in [0.15, 0.2) is 0 Å². The number of ether oxygens (including phenoxy) is 1. The van der Waals surface area contributed by atoms with Crippen molar-refractivity contribution in [1.29, 1.82) is 0 Å². The standard InChI is InChI=1S/C16H26FNO2/c1-5-8-18-16(4,11-19)10-13(3)20-14-7-6-12(2)15(17)9-14/h6-7,9,13,18-19H,5,8,10-11H2,1-4H3. The molecule has 0 aliphatic rings. The van der Waals surface area contributed by atoms with Crippen molar-refractivity contribution in [1.82, 2.24) is 5.32 Å². The largest absolute Gasteiger partial charge is 0.491 e. The Hall–Kier alpha value is -1.13. The van der Waals surface area contributed by atoms with Crippen LogP contribution in [0.5, 0.6) is 5.75 Å². The monoisotopic (exact) mass is 283 g/mol. The molecule has 0 heterocycles. The Balaban J connectivity index is 2.61. The van der Waals surface area contributed by atoms with Gasteiger partial charge in [-0.05, 0) is 45.4 Å². The van der Waals surface area contributed by atoms with Crippen LogP contribution in [0.3, 0.4) is 0 Å². The van der Waals surface area contributed by atoms with E-state index >= 15 is 0 Å². The summed E-state index contributed by atoms with van der Waals surface area (Å²) < 4.78 is 19.2. The van der Waals surface area contributed by atoms with Crippen molar-refractivity contribution < 1.29 is 14.2 Å². The highest BCUT2D eigenvalue weighted by molar-refractivity contribution is 5.28. The summed E-state index contributed by atoms with van der Waals surface area (Å²) in [5.74, 6) is 0.264. The van der Waals surface area contributed by atoms with Crippen molar-refractivity contribution in [2.24, 2.45) is 0 Å². The first-order valence-electron chi connectivity index (χ1n) is 7.19. The van der Waals surface area contributed by atoms with Gasteiger partial charge in [0.1, 0.15) is 11.6 Å². The molecule has 0 saturated carbocycles. The van der Waals surface area contributed by atoms with E-state index in [0.29, 0.717) is 17.7 Å². The third-order valence-corrected chi connectivity index (χ3v) is 3.37. The first-order chi connectivity index (χ1) is 9.40. The molecule has 2 unspecified atom stereocenters. The Kier molecular flexibility index (Phi) is 6.43. The number of halogens is 1. The number of aryl methyl sites for hydroxylation is 1. The Bertz CT molecular complexity index is 425. The number of hydrogen-bond donors (Lipinski definition) is 2. The van der Waals surface area contributed by atoms with Gasteiger partial charge in [-0.3, -0.25) is 0 Å². The van der Waals surface area contributed by atoms with Gasteiger partial charge in [0.2, 0.25) is 0 Å². The lowest BCUT2D eigenvalue weighted by atomic mass is 9.95. The van der Waals surface area contributed by atoms with E-state index in [4.69, 9.17) is 4.74 Å². The highest BCUT2D eigenvalue weighted by atomic mass is 19.1. The molecule has 1 aromatic carbocycles. The minimum atomic E-state index is -0.376. The average Bonchev–Trinajstić information content (AvgIpc) is 2.40. The second kappa shape index (κ2) is 7.60. The molecule has 4 heteroatoms. The molecule has 114 valence electrons. The van der Waals surface area contributed by atoms with Crippen LogP contribution in [0, 0.1) is 12.7 Å². The number of nitrogens with one attached hydrogen (secondary N) is 1. The van der Waals surface area contributed by atoms with Crippen LogP contribution in [0.2, 0.25) is 0 Å². The van der Waals surface area contributed by atoms with Crippen LogP contribution in [0.25, 0.3) is 0 Å². The smallest absolute Gasteiger partial charge is 0.129 e. The van der Waals surface area contributed by atoms with Crippen LogP contribution >= 0.6 is 0 Å². The van der Waals surface area contributed by atoms with E-state index in [9.17, 15) is 9.50 Å². The van der Waals surface area contributed by atoms with Crippen molar-refractivity contribution in [3.05, 3.63) is 29.6 Å². The lowest BCUT2D eigenvalue weighted by molar-refractivity contribution is 0.110. The summed E-state index contributed by atoms with van der Waals surface area (Å²) in [7, 11) is 0. The van der Waals surface area contributed by atoms with E-state index in [1.165, 1.54) is 6.07 Å². The quantitative estimate of drug-likeness (QED) is 0.770. The number of hydrogen-bond acceptors (Lipinski definition) is 3. The van der Waals surface area contributed by atoms with Crippen LogP contribution in [-0.4, -0.2) is 29.9 Å². The molecule has 0 aromatic heterocycles. The summed E-state index contributed by atoms with van der Waals surface area (Å²) in [6.45, 7) is 8.60. The van der Waals surface area contributed by atoms with Gasteiger partial charge < -0.3 is 15.2 Å². The van der Waals surface area contributed by atoms with Crippen molar-refractivity contribution in [3.8, 4) is 5.75 Å². The van der Waals surface area contributed by atoms with E-state index in [1.54, 1.807) is 19.1 Å². The van der Waals surface area contributed by atoms with Crippen molar-refractivity contribution in [3.63, 3.8) is 0 Å². The highest BCUT2D eigenvalue weighted by Crippen LogP contribution is 2.20. The fraction of sp³-hybridized carbons (Fsp3) is 0.625. The lowest BCUT2D eigenvalue weighted by Crippen LogP contribution is -2.48. The Morgan fingerprint density at radius 1 is 1.45 bits per heavy atom. The molecule has 20 heavy (non-hydrogen) atoms. The summed E-state index contributed by atoms with van der Waals surface area (Å²) in [5, 5.41) is 12.9. The van der Waals surface area contributed by atoms with Crippen molar-refractivity contribution in [2.75, 3.05) is 13.2 Å². The van der Waals surface area contributed by atoms with Crippen LogP contribution < -0.4 is 10.1 Å². The minimum Gasteiger partial charge on any atom is -0.491 e. The zero-order valence-corrected chi connectivity index (χ0v) is 12.9. The number of rotatable bonds is 8. The molecular formula is C16H26FNO2. The molecule has 0 amide bonds. The molecule has 0 saturated heterocycles. The second-order valence-electron chi connectivity index (χ2n) is 5.69. The molecule has 0 fully saturated rings. The summed E-state index contributed by atoms with van der Waals surface area (Å²) in [4.78, 5) is 0. The molecule has 0 aliphatic heterocycles. The van der Waals surface area contributed by atoms with Crippen molar-refractivity contribution >= 4 is 0 Å². The molecule has 0 spiro atoms. The van der Waals surface area contributed by atoms with Crippen LogP contribution in [0.15, 0.2) is 18.2 Å². The predicted molar refractivity (Wildman–Crippen MR) is 79.6 cm³/mol. The summed E-state index contributed by atoms with van der Waals surface area (Å²) >= 11 is 0. The van der Waals surface area contributed by atoms with Crippen LogP contribution in [0.1, 0.15) is 39.2 Å². The fourth-order valence-corrected chi connectivity index (χ4v) is 2.17. The molecule has 2 atom stereocenters. The van der Waals surface area contributed by atoms with Gasteiger partial charge >= 0.3 is 0 Å². The van der Waals surface area contributed by atoms with Crippen LogP contribution in [-0.2, 0) is 0 Å². The van der Waals surface area contributed by atoms with E-state index < -0.39 is 0 Å². The van der Waals surface area contributed by atoms with E-state index in [-0.39, 0.29) is 24.1 Å². The van der Waals surface area contributed by atoms with Crippen molar-refractivity contribution in [2.45, 2.75) is 52.2 Å². The maximum absolute atomic E-state index is 13.5. The van der Waals surface area contributed by atoms with E-state index in [1.807, 2.05) is 13.8 Å². The molecule has 1 aromatic rings. The SMILES string of the molecule is CCCNC(C)(CO)CC(C)Oc1ccc(C)c(F)c1. The number of aliphatic hydroxyl groups is 1. The first-order valence-corrected chi connectivity index (χ1v) is 7.19. The fourth-order valence-electron chi connectivity index (χ4n) is 2.17. The molecule has 3 nitrogen and oxygen atoms in total.